The Morgan fingerprint density at radius 1 is 1.23 bits per heavy atom. The van der Waals surface area contributed by atoms with E-state index in [-0.39, 0.29) is 29.9 Å². The molecule has 1 aliphatic rings. The monoisotopic (exact) mass is 426 g/mol. The van der Waals surface area contributed by atoms with E-state index in [1.54, 1.807) is 19.1 Å². The van der Waals surface area contributed by atoms with Crippen LogP contribution < -0.4 is 5.73 Å². The fraction of sp³-hybridized carbons (Fsp3) is 0.591. The number of hydrogen-bond donors (Lipinski definition) is 3. The minimum atomic E-state index is -2.02. The van der Waals surface area contributed by atoms with Gasteiger partial charge in [-0.3, -0.25) is 19.3 Å². The Morgan fingerprint density at radius 3 is 2.10 bits per heavy atom. The number of fused-ring (bicyclic) bond motifs is 1. The predicted molar refractivity (Wildman–Crippen MR) is 117 cm³/mol. The van der Waals surface area contributed by atoms with E-state index in [1.807, 2.05) is 48.5 Å². The number of amides is 2. The quantitative estimate of drug-likeness (QED) is 0.619. The van der Waals surface area contributed by atoms with Crippen molar-refractivity contribution < 1.29 is 29.3 Å². The van der Waals surface area contributed by atoms with Crippen LogP contribution in [0.15, 0.2) is 18.2 Å². The first-order chi connectivity index (χ1) is 14.0. The lowest BCUT2D eigenvalue weighted by molar-refractivity contribution is -0.156. The lowest BCUT2D eigenvalue weighted by atomic mass is 10.1. The molecule has 30 heavy (non-hydrogen) atoms. The Bertz CT molecular complexity index is 685. The minimum Gasteiger partial charge on any atom is -0.508 e. The molecule has 1 aliphatic heterocycles. The third-order valence-corrected chi connectivity index (χ3v) is 3.78. The molecule has 0 aromatic heterocycles. The Hall–Kier alpha value is -2.61. The largest absolute Gasteiger partial charge is 0.508 e. The highest BCUT2D eigenvalue weighted by atomic mass is 16.5. The number of carbonyl (C=O) groups is 3. The first kappa shape index (κ1) is 29.6. The van der Waals surface area contributed by atoms with E-state index < -0.39 is 17.5 Å². The number of carbonyl (C=O) groups excluding carboxylic acids is 3. The van der Waals surface area contributed by atoms with Gasteiger partial charge in [0.25, 0.3) is 18.3 Å². The van der Waals surface area contributed by atoms with Crippen molar-refractivity contribution in [2.45, 2.75) is 86.1 Å². The lowest BCUT2D eigenvalue weighted by Gasteiger charge is -2.33. The summed E-state index contributed by atoms with van der Waals surface area (Å²) in [6.07, 6.45) is 0.550. The van der Waals surface area contributed by atoms with E-state index in [2.05, 4.69) is 4.74 Å². The second-order valence-electron chi connectivity index (χ2n) is 6.95. The van der Waals surface area contributed by atoms with Crippen LogP contribution in [-0.4, -0.2) is 44.7 Å². The van der Waals surface area contributed by atoms with Crippen molar-refractivity contribution >= 4 is 18.3 Å². The van der Waals surface area contributed by atoms with Crippen LogP contribution in [0, 0.1) is 0 Å². The van der Waals surface area contributed by atoms with E-state index in [4.69, 9.17) is 5.73 Å². The van der Waals surface area contributed by atoms with Gasteiger partial charge in [-0.1, -0.05) is 47.1 Å². The van der Waals surface area contributed by atoms with Gasteiger partial charge in [0, 0.05) is 17.5 Å². The summed E-state index contributed by atoms with van der Waals surface area (Å²) < 4.78 is 4.55. The number of ether oxygens (including phenoxy) is 1. The summed E-state index contributed by atoms with van der Waals surface area (Å²) in [7, 11) is 0. The Kier molecular flexibility index (Phi) is 13.4. The van der Waals surface area contributed by atoms with E-state index in [0.29, 0.717) is 18.5 Å². The first-order valence-corrected chi connectivity index (χ1v) is 10.2. The van der Waals surface area contributed by atoms with Crippen molar-refractivity contribution in [3.63, 3.8) is 0 Å². The van der Waals surface area contributed by atoms with Gasteiger partial charge in [0.05, 0.1) is 6.54 Å². The Balaban J connectivity index is 0. The Morgan fingerprint density at radius 2 is 1.77 bits per heavy atom. The molecule has 0 bridgehead atoms. The van der Waals surface area contributed by atoms with Crippen molar-refractivity contribution in [2.75, 3.05) is 0 Å². The molecule has 2 amide bonds. The van der Waals surface area contributed by atoms with Gasteiger partial charge >= 0.3 is 0 Å². The molecule has 0 saturated heterocycles. The van der Waals surface area contributed by atoms with Crippen molar-refractivity contribution in [3.8, 4) is 5.75 Å². The van der Waals surface area contributed by atoms with E-state index in [1.165, 1.54) is 6.07 Å². The molecular formula is C22H38N2O6. The number of nitrogens with two attached hydrogens (primary N) is 1. The van der Waals surface area contributed by atoms with Crippen LogP contribution in [0.1, 0.15) is 84.2 Å². The number of phenols is 1. The minimum absolute atomic E-state index is 0.0275. The van der Waals surface area contributed by atoms with Crippen molar-refractivity contribution in [1.29, 1.82) is 0 Å². The molecule has 2 rings (SSSR count). The average Bonchev–Trinajstić information content (AvgIpc) is 3.03. The molecule has 8 nitrogen and oxygen atoms in total. The van der Waals surface area contributed by atoms with Gasteiger partial charge in [0.15, 0.2) is 0 Å². The number of aromatic hydroxyl groups is 1. The topological polar surface area (TPSA) is 130 Å². The number of nitrogens with zero attached hydrogens (tertiary/aromatic N) is 1. The van der Waals surface area contributed by atoms with Crippen molar-refractivity contribution in [2.24, 2.45) is 5.73 Å². The normalized spacial score (nSPS) is 13.8. The number of benzene rings is 1. The molecule has 0 saturated carbocycles. The van der Waals surface area contributed by atoms with Gasteiger partial charge in [-0.25, -0.2) is 0 Å². The van der Waals surface area contributed by atoms with Crippen molar-refractivity contribution in [3.05, 3.63) is 29.3 Å². The summed E-state index contributed by atoms with van der Waals surface area (Å²) in [5, 5.41) is 20.1. The van der Waals surface area contributed by atoms with E-state index >= 15 is 0 Å². The zero-order chi connectivity index (χ0) is 24.1. The van der Waals surface area contributed by atoms with Crippen molar-refractivity contribution in [1.82, 2.24) is 4.90 Å². The molecular weight excluding hydrogens is 388 g/mol. The number of phenolic OH excluding ortho intramolecular Hbond substituents is 1. The lowest BCUT2D eigenvalue weighted by Crippen LogP contribution is -2.57. The first-order valence-electron chi connectivity index (χ1n) is 10.2. The van der Waals surface area contributed by atoms with Gasteiger partial charge in [-0.2, -0.15) is 0 Å². The SMILES string of the molecule is CC.CC.CC(C)(C)OC=O.CCCC(O)(C(N)=O)N1Cc2c(O)cccc2C1=O. The molecule has 0 spiro atoms. The molecule has 4 N–H and O–H groups in total. The van der Waals surface area contributed by atoms with E-state index in [0.717, 1.165) is 4.90 Å². The fourth-order valence-corrected chi connectivity index (χ4v) is 2.50. The zero-order valence-corrected chi connectivity index (χ0v) is 19.5. The van der Waals surface area contributed by atoms with Crippen LogP contribution in [0.3, 0.4) is 0 Å². The van der Waals surface area contributed by atoms with Gasteiger partial charge in [-0.15, -0.1) is 0 Å². The van der Waals surface area contributed by atoms with Gasteiger partial charge in [-0.05, 0) is 32.9 Å². The highest BCUT2D eigenvalue weighted by Crippen LogP contribution is 2.35. The molecule has 1 unspecified atom stereocenters. The van der Waals surface area contributed by atoms with Crippen LogP contribution in [-0.2, 0) is 20.9 Å². The van der Waals surface area contributed by atoms with Gasteiger partial charge in [0.2, 0.25) is 5.72 Å². The summed E-state index contributed by atoms with van der Waals surface area (Å²) in [5.41, 5.74) is 3.59. The number of hydrogen-bond acceptors (Lipinski definition) is 6. The second kappa shape index (κ2) is 13.6. The number of rotatable bonds is 5. The standard InChI is InChI=1S/C13H16N2O4.C5H10O2.2C2H6/c1-2-6-13(19,12(14)18)15-7-9-8(11(15)17)4-3-5-10(9)16;1-5(2,3)7-4-6;2*1-2/h3-5,16,19H,2,6-7H2,1H3,(H2,14,18);4H,1-3H3;2*1-2H3. The van der Waals surface area contributed by atoms with Gasteiger partial charge in [0.1, 0.15) is 11.4 Å². The summed E-state index contributed by atoms with van der Waals surface area (Å²) in [6, 6.07) is 4.54. The number of aliphatic hydroxyl groups is 1. The van der Waals surface area contributed by atoms with Crippen LogP contribution >= 0.6 is 0 Å². The van der Waals surface area contributed by atoms with Crippen LogP contribution in [0.25, 0.3) is 0 Å². The molecule has 0 fully saturated rings. The van der Waals surface area contributed by atoms with E-state index in [9.17, 15) is 24.6 Å². The molecule has 1 aromatic rings. The highest BCUT2D eigenvalue weighted by Gasteiger charge is 2.46. The maximum absolute atomic E-state index is 12.2. The predicted octanol–water partition coefficient (Wildman–Crippen LogP) is 3.33. The Labute approximate surface area is 180 Å². The summed E-state index contributed by atoms with van der Waals surface area (Å²) in [6.45, 7) is 15.7. The van der Waals surface area contributed by atoms with Crippen LogP contribution in [0.5, 0.6) is 5.75 Å². The van der Waals surface area contributed by atoms with Crippen LogP contribution in [0.2, 0.25) is 0 Å². The molecule has 1 heterocycles. The third kappa shape index (κ3) is 8.02. The maximum atomic E-state index is 12.2. The number of primary amides is 1. The zero-order valence-electron chi connectivity index (χ0n) is 19.5. The molecule has 0 radical (unpaired) electrons. The highest BCUT2D eigenvalue weighted by molar-refractivity contribution is 6.02. The average molecular weight is 427 g/mol. The summed E-state index contributed by atoms with van der Waals surface area (Å²) in [5.74, 6) is -1.49. The second-order valence-corrected chi connectivity index (χ2v) is 6.95. The molecule has 172 valence electrons. The third-order valence-electron chi connectivity index (χ3n) is 3.78. The summed E-state index contributed by atoms with van der Waals surface area (Å²) in [4.78, 5) is 34.3. The molecule has 1 aromatic carbocycles. The molecule has 1 atom stereocenters. The molecule has 8 heteroatoms. The maximum Gasteiger partial charge on any atom is 0.293 e. The summed E-state index contributed by atoms with van der Waals surface area (Å²) >= 11 is 0. The van der Waals surface area contributed by atoms with Crippen LogP contribution in [0.4, 0.5) is 0 Å². The smallest absolute Gasteiger partial charge is 0.293 e. The van der Waals surface area contributed by atoms with Gasteiger partial charge < -0.3 is 20.7 Å². The fourth-order valence-electron chi connectivity index (χ4n) is 2.50. The molecule has 0 aliphatic carbocycles.